The fourth-order valence-electron chi connectivity index (χ4n) is 9.97. The molecule has 65 heavy (non-hydrogen) atoms. The fraction of sp³-hybridized carbons (Fsp3) is 0.0169. The van der Waals surface area contributed by atoms with Crippen molar-refractivity contribution < 1.29 is 0 Å². The Morgan fingerprint density at radius 3 is 1.45 bits per heavy atom. The average Bonchev–Trinajstić information content (AvgIpc) is 3.90. The van der Waals surface area contributed by atoms with E-state index < -0.39 is 5.41 Å². The monoisotopic (exact) mass is 830 g/mol. The minimum absolute atomic E-state index is 0.518. The quantitative estimate of drug-likeness (QED) is 0.143. The lowest BCUT2D eigenvalue weighted by atomic mass is 9.65. The van der Waals surface area contributed by atoms with Gasteiger partial charge in [0.2, 0.25) is 5.95 Å². The normalized spacial score (nSPS) is 11.7. The molecule has 0 aliphatic carbocycles. The van der Waals surface area contributed by atoms with Crippen molar-refractivity contribution in [3.8, 4) is 40.5 Å². The minimum atomic E-state index is -0.667. The summed E-state index contributed by atoms with van der Waals surface area (Å²) in [5.74, 6) is 1.60. The van der Waals surface area contributed by atoms with Gasteiger partial charge in [0.25, 0.3) is 0 Å². The highest BCUT2D eigenvalue weighted by Gasteiger charge is 2.38. The van der Waals surface area contributed by atoms with E-state index in [1.165, 1.54) is 0 Å². The highest BCUT2D eigenvalue weighted by Crippen LogP contribution is 2.46. The average molecular weight is 831 g/mol. The van der Waals surface area contributed by atoms with Crippen molar-refractivity contribution in [3.05, 3.63) is 258 Å². The van der Waals surface area contributed by atoms with E-state index in [0.717, 1.165) is 82.7 Å². The molecular formula is C59H38N6. The van der Waals surface area contributed by atoms with E-state index in [0.29, 0.717) is 23.2 Å². The van der Waals surface area contributed by atoms with Crippen molar-refractivity contribution in [3.63, 3.8) is 0 Å². The third-order valence-electron chi connectivity index (χ3n) is 12.8. The van der Waals surface area contributed by atoms with Crippen molar-refractivity contribution >= 4 is 43.6 Å². The smallest absolute Gasteiger partial charge is 0.238 e. The van der Waals surface area contributed by atoms with Crippen LogP contribution in [0, 0.1) is 11.3 Å². The first kappa shape index (κ1) is 37.8. The van der Waals surface area contributed by atoms with Gasteiger partial charge in [-0.3, -0.25) is 4.57 Å². The van der Waals surface area contributed by atoms with Gasteiger partial charge < -0.3 is 4.57 Å². The Morgan fingerprint density at radius 1 is 0.369 bits per heavy atom. The number of benzene rings is 9. The van der Waals surface area contributed by atoms with Gasteiger partial charge >= 0.3 is 0 Å². The van der Waals surface area contributed by atoms with Gasteiger partial charge in [-0.05, 0) is 76.9 Å². The van der Waals surface area contributed by atoms with Crippen LogP contribution in [0.4, 0.5) is 0 Å². The molecule has 6 nitrogen and oxygen atoms in total. The van der Waals surface area contributed by atoms with Gasteiger partial charge in [-0.25, -0.2) is 4.98 Å². The summed E-state index contributed by atoms with van der Waals surface area (Å²) in [6.45, 7) is 0. The molecule has 0 saturated heterocycles. The van der Waals surface area contributed by atoms with Crippen molar-refractivity contribution in [2.45, 2.75) is 5.41 Å². The Hall–Kier alpha value is -8.92. The van der Waals surface area contributed by atoms with E-state index in [-0.39, 0.29) is 0 Å². The van der Waals surface area contributed by atoms with Crippen molar-refractivity contribution in [1.29, 1.82) is 5.26 Å². The van der Waals surface area contributed by atoms with Crippen molar-refractivity contribution in [1.82, 2.24) is 24.1 Å². The van der Waals surface area contributed by atoms with Crippen molar-refractivity contribution in [2.24, 2.45) is 0 Å². The van der Waals surface area contributed by atoms with Crippen molar-refractivity contribution in [2.75, 3.05) is 0 Å². The standard InChI is InChI=1S/C59H38N6/c60-39-40-35-36-55-50(37-40)48-29-12-14-31-51(48)64(55)54-34-17-13-30-49(54)57-61-56(62-58(63-57)65-52-32-15-10-27-46(52)47-28-11-16-33-53(47)65)41-19-18-26-45(38-41)59(42-20-4-1-5-21-42,43-22-6-2-7-23-43)44-24-8-3-9-25-44/h1-38H. The molecule has 6 heteroatoms. The molecule has 0 unspecified atom stereocenters. The molecule has 0 saturated carbocycles. The van der Waals surface area contributed by atoms with Crippen LogP contribution < -0.4 is 0 Å². The number of aromatic nitrogens is 5. The van der Waals surface area contributed by atoms with Gasteiger partial charge in [0.15, 0.2) is 11.6 Å². The molecule has 0 aliphatic rings. The fourth-order valence-corrected chi connectivity index (χ4v) is 9.97. The number of fused-ring (bicyclic) bond motifs is 6. The molecule has 0 fully saturated rings. The van der Waals surface area contributed by atoms with Crippen LogP contribution in [0.3, 0.4) is 0 Å². The molecule has 0 atom stereocenters. The predicted octanol–water partition coefficient (Wildman–Crippen LogP) is 13.7. The number of nitrogens with zero attached hydrogens (tertiary/aromatic N) is 6. The first-order valence-corrected chi connectivity index (χ1v) is 21.8. The summed E-state index contributed by atoms with van der Waals surface area (Å²) < 4.78 is 4.43. The van der Waals surface area contributed by atoms with E-state index in [9.17, 15) is 5.26 Å². The first-order valence-electron chi connectivity index (χ1n) is 21.8. The topological polar surface area (TPSA) is 72.3 Å². The van der Waals surface area contributed by atoms with E-state index in [4.69, 9.17) is 15.0 Å². The van der Waals surface area contributed by atoms with Crippen LogP contribution in [0.25, 0.3) is 78.0 Å². The molecule has 0 bridgehead atoms. The number of para-hydroxylation sites is 4. The summed E-state index contributed by atoms with van der Waals surface area (Å²) >= 11 is 0. The van der Waals surface area contributed by atoms with E-state index in [1.807, 2.05) is 30.3 Å². The Kier molecular flexibility index (Phi) is 8.99. The second kappa shape index (κ2) is 15.5. The molecule has 0 radical (unpaired) electrons. The summed E-state index contributed by atoms with van der Waals surface area (Å²) in [7, 11) is 0. The SMILES string of the molecule is N#Cc1ccc2c(c1)c1ccccc1n2-c1ccccc1-c1nc(-c2cccc(C(c3ccccc3)(c3ccccc3)c3ccccc3)c2)nc(-n2c3ccccc3c3ccccc32)n1. The van der Waals surface area contributed by atoms with Gasteiger partial charge in [-0.15, -0.1) is 0 Å². The first-order chi connectivity index (χ1) is 32.2. The second-order valence-corrected chi connectivity index (χ2v) is 16.3. The summed E-state index contributed by atoms with van der Waals surface area (Å²) in [4.78, 5) is 16.3. The molecule has 0 amide bonds. The lowest BCUT2D eigenvalue weighted by molar-refractivity contribution is 0.745. The highest BCUT2D eigenvalue weighted by molar-refractivity contribution is 6.10. The van der Waals surface area contributed by atoms with Crippen LogP contribution in [-0.2, 0) is 5.41 Å². The van der Waals surface area contributed by atoms with Crippen LogP contribution >= 0.6 is 0 Å². The number of hydrogen-bond acceptors (Lipinski definition) is 4. The molecule has 3 heterocycles. The Bertz CT molecular complexity index is 3640. The van der Waals surface area contributed by atoms with Gasteiger partial charge in [0.05, 0.1) is 44.8 Å². The largest absolute Gasteiger partial charge is 0.309 e. The summed E-state index contributed by atoms with van der Waals surface area (Å²) in [6, 6.07) is 82.7. The maximum Gasteiger partial charge on any atom is 0.238 e. The number of hydrogen-bond donors (Lipinski definition) is 0. The highest BCUT2D eigenvalue weighted by atomic mass is 15.2. The van der Waals surface area contributed by atoms with Gasteiger partial charge in [-0.2, -0.15) is 15.2 Å². The van der Waals surface area contributed by atoms with E-state index in [2.05, 4.69) is 215 Å². The van der Waals surface area contributed by atoms with E-state index in [1.54, 1.807) is 0 Å². The van der Waals surface area contributed by atoms with Crippen LogP contribution in [0.1, 0.15) is 27.8 Å². The Labute approximate surface area is 375 Å². The van der Waals surface area contributed by atoms with Crippen LogP contribution in [0.15, 0.2) is 231 Å². The summed E-state index contributed by atoms with van der Waals surface area (Å²) in [5.41, 5.74) is 11.1. The lowest BCUT2D eigenvalue weighted by Crippen LogP contribution is -2.31. The molecule has 0 spiro atoms. The van der Waals surface area contributed by atoms with Crippen LogP contribution in [0.5, 0.6) is 0 Å². The molecule has 0 aliphatic heterocycles. The van der Waals surface area contributed by atoms with Crippen LogP contribution in [-0.4, -0.2) is 24.1 Å². The Balaban J connectivity index is 1.15. The van der Waals surface area contributed by atoms with Gasteiger partial charge in [-0.1, -0.05) is 176 Å². The number of rotatable bonds is 8. The second-order valence-electron chi connectivity index (χ2n) is 16.3. The predicted molar refractivity (Wildman–Crippen MR) is 262 cm³/mol. The van der Waals surface area contributed by atoms with Crippen LogP contribution in [0.2, 0.25) is 0 Å². The molecule has 12 rings (SSSR count). The number of nitriles is 1. The zero-order valence-electron chi connectivity index (χ0n) is 35.1. The molecule has 304 valence electrons. The van der Waals surface area contributed by atoms with Gasteiger partial charge in [0, 0.05) is 32.7 Å². The third-order valence-corrected chi connectivity index (χ3v) is 12.8. The molecular weight excluding hydrogens is 793 g/mol. The molecule has 12 aromatic rings. The maximum atomic E-state index is 9.90. The third kappa shape index (κ3) is 6.06. The van der Waals surface area contributed by atoms with E-state index >= 15 is 0 Å². The zero-order valence-corrected chi connectivity index (χ0v) is 35.1. The zero-order chi connectivity index (χ0) is 43.3. The minimum Gasteiger partial charge on any atom is -0.309 e. The summed E-state index contributed by atoms with van der Waals surface area (Å²) in [5, 5.41) is 14.2. The Morgan fingerprint density at radius 2 is 0.846 bits per heavy atom. The molecule has 9 aromatic carbocycles. The summed E-state index contributed by atoms with van der Waals surface area (Å²) in [6.07, 6.45) is 0. The van der Waals surface area contributed by atoms with Gasteiger partial charge in [0.1, 0.15) is 0 Å². The molecule has 0 N–H and O–H groups in total. The lowest BCUT2D eigenvalue weighted by Gasteiger charge is -2.37. The maximum absolute atomic E-state index is 9.90. The molecule has 3 aromatic heterocycles.